The van der Waals surface area contributed by atoms with Crippen LogP contribution < -0.4 is 16.0 Å². The second-order valence-electron chi connectivity index (χ2n) is 5.14. The van der Waals surface area contributed by atoms with Crippen molar-refractivity contribution in [2.45, 2.75) is 13.0 Å². The topological polar surface area (TPSA) is 58.4 Å². The average Bonchev–Trinajstić information content (AvgIpc) is 2.46. The van der Waals surface area contributed by atoms with E-state index in [4.69, 9.17) is 5.73 Å². The van der Waals surface area contributed by atoms with Crippen LogP contribution >= 0.6 is 0 Å². The normalized spacial score (nSPS) is 15.4. The molecule has 0 fully saturated rings. The maximum Gasteiger partial charge on any atom is 0.244 e. The van der Waals surface area contributed by atoms with Crippen LogP contribution in [0, 0.1) is 5.82 Å². The summed E-state index contributed by atoms with van der Waals surface area (Å²) in [6, 6.07) is 11.7. The molecule has 0 radical (unpaired) electrons. The van der Waals surface area contributed by atoms with Crippen molar-refractivity contribution in [2.75, 3.05) is 16.8 Å². The van der Waals surface area contributed by atoms with Gasteiger partial charge in [-0.1, -0.05) is 12.1 Å². The number of hydrogen-bond donors (Lipinski definition) is 2. The zero-order valence-corrected chi connectivity index (χ0v) is 11.6. The Balaban J connectivity index is 2.15. The highest BCUT2D eigenvalue weighted by molar-refractivity contribution is 6.03. The maximum atomic E-state index is 13.5. The third kappa shape index (κ3) is 2.48. The van der Waals surface area contributed by atoms with Crippen molar-refractivity contribution in [1.82, 2.24) is 0 Å². The fourth-order valence-corrected chi connectivity index (χ4v) is 2.58. The van der Waals surface area contributed by atoms with Crippen molar-refractivity contribution in [2.24, 2.45) is 5.73 Å². The van der Waals surface area contributed by atoms with Gasteiger partial charge in [0.05, 0.1) is 11.4 Å². The van der Waals surface area contributed by atoms with Crippen LogP contribution in [-0.2, 0) is 4.79 Å². The van der Waals surface area contributed by atoms with Gasteiger partial charge in [-0.2, -0.15) is 0 Å². The lowest BCUT2D eigenvalue weighted by molar-refractivity contribution is -0.115. The molecule has 1 atom stereocenters. The molecule has 4 nitrogen and oxygen atoms in total. The van der Waals surface area contributed by atoms with Crippen LogP contribution in [0.2, 0.25) is 0 Å². The number of fused-ring (bicyclic) bond motifs is 1. The molecule has 3 rings (SSSR count). The van der Waals surface area contributed by atoms with E-state index in [-0.39, 0.29) is 24.3 Å². The van der Waals surface area contributed by atoms with Crippen LogP contribution in [0.1, 0.15) is 18.5 Å². The van der Waals surface area contributed by atoms with Gasteiger partial charge in [-0.3, -0.25) is 4.79 Å². The van der Waals surface area contributed by atoms with Gasteiger partial charge in [0, 0.05) is 11.7 Å². The standard InChI is InChI=1S/C16H16FN3O/c1-10(18)12-8-11(17)6-7-14(12)20-9-16(21)19-13-4-2-3-5-15(13)20/h2-8,10H,9,18H2,1H3,(H,19,21). The molecule has 1 heterocycles. The first-order valence-electron chi connectivity index (χ1n) is 6.77. The van der Waals surface area contributed by atoms with Gasteiger partial charge >= 0.3 is 0 Å². The van der Waals surface area contributed by atoms with Gasteiger partial charge in [-0.05, 0) is 42.8 Å². The van der Waals surface area contributed by atoms with Crippen molar-refractivity contribution in [3.8, 4) is 0 Å². The molecule has 1 unspecified atom stereocenters. The molecule has 0 aliphatic carbocycles. The quantitative estimate of drug-likeness (QED) is 0.892. The first-order chi connectivity index (χ1) is 10.1. The van der Waals surface area contributed by atoms with E-state index >= 15 is 0 Å². The Morgan fingerprint density at radius 1 is 1.24 bits per heavy atom. The predicted octanol–water partition coefficient (Wildman–Crippen LogP) is 2.94. The Hall–Kier alpha value is -2.40. The monoisotopic (exact) mass is 285 g/mol. The lowest BCUT2D eigenvalue weighted by atomic mass is 10.0. The Bertz CT molecular complexity index is 700. The number of rotatable bonds is 2. The molecule has 3 N–H and O–H groups in total. The lowest BCUT2D eigenvalue weighted by Crippen LogP contribution is -2.35. The summed E-state index contributed by atoms with van der Waals surface area (Å²) < 4.78 is 13.5. The molecule has 5 heteroatoms. The first kappa shape index (κ1) is 13.6. The van der Waals surface area contributed by atoms with Gasteiger partial charge in [-0.25, -0.2) is 4.39 Å². The molecule has 1 aliphatic rings. The van der Waals surface area contributed by atoms with E-state index in [1.165, 1.54) is 12.1 Å². The van der Waals surface area contributed by atoms with E-state index in [9.17, 15) is 9.18 Å². The summed E-state index contributed by atoms with van der Waals surface area (Å²) in [6.45, 7) is 1.98. The molecular weight excluding hydrogens is 269 g/mol. The number of hydrogen-bond acceptors (Lipinski definition) is 3. The summed E-state index contributed by atoms with van der Waals surface area (Å²) in [7, 11) is 0. The van der Waals surface area contributed by atoms with E-state index in [1.807, 2.05) is 29.2 Å². The summed E-state index contributed by atoms with van der Waals surface area (Å²) in [5, 5.41) is 2.83. The van der Waals surface area contributed by atoms with Gasteiger partial charge in [-0.15, -0.1) is 0 Å². The van der Waals surface area contributed by atoms with Crippen LogP contribution in [0.15, 0.2) is 42.5 Å². The molecule has 0 saturated carbocycles. The fourth-order valence-electron chi connectivity index (χ4n) is 2.58. The van der Waals surface area contributed by atoms with Crippen molar-refractivity contribution >= 4 is 23.0 Å². The fraction of sp³-hybridized carbons (Fsp3) is 0.188. The van der Waals surface area contributed by atoms with Crippen LogP contribution in [0.3, 0.4) is 0 Å². The first-order valence-corrected chi connectivity index (χ1v) is 6.77. The molecule has 2 aromatic rings. The molecule has 0 bridgehead atoms. The number of benzene rings is 2. The number of nitrogens with two attached hydrogens (primary N) is 1. The summed E-state index contributed by atoms with van der Waals surface area (Å²) in [5.41, 5.74) is 9.01. The number of nitrogens with zero attached hydrogens (tertiary/aromatic N) is 1. The Morgan fingerprint density at radius 3 is 2.76 bits per heavy atom. The minimum absolute atomic E-state index is 0.103. The molecular formula is C16H16FN3O. The summed E-state index contributed by atoms with van der Waals surface area (Å²) >= 11 is 0. The summed E-state index contributed by atoms with van der Waals surface area (Å²) in [4.78, 5) is 13.8. The molecule has 1 amide bonds. The second kappa shape index (κ2) is 5.18. The molecule has 108 valence electrons. The van der Waals surface area contributed by atoms with Gasteiger partial charge in [0.1, 0.15) is 12.4 Å². The molecule has 0 saturated heterocycles. The smallest absolute Gasteiger partial charge is 0.244 e. The number of anilines is 3. The predicted molar refractivity (Wildman–Crippen MR) is 81.1 cm³/mol. The van der Waals surface area contributed by atoms with Crippen molar-refractivity contribution in [1.29, 1.82) is 0 Å². The van der Waals surface area contributed by atoms with Crippen molar-refractivity contribution in [3.05, 3.63) is 53.8 Å². The maximum absolute atomic E-state index is 13.5. The third-order valence-corrected chi connectivity index (χ3v) is 3.54. The average molecular weight is 285 g/mol. The van der Waals surface area contributed by atoms with Gasteiger partial charge in [0.2, 0.25) is 5.91 Å². The van der Waals surface area contributed by atoms with Crippen molar-refractivity contribution < 1.29 is 9.18 Å². The highest BCUT2D eigenvalue weighted by Gasteiger charge is 2.25. The highest BCUT2D eigenvalue weighted by Crippen LogP contribution is 2.37. The Morgan fingerprint density at radius 2 is 2.00 bits per heavy atom. The molecule has 2 aromatic carbocycles. The number of nitrogens with one attached hydrogen (secondary N) is 1. The van der Waals surface area contributed by atoms with Gasteiger partial charge in [0.25, 0.3) is 0 Å². The zero-order valence-electron chi connectivity index (χ0n) is 11.6. The van der Waals surface area contributed by atoms with E-state index < -0.39 is 0 Å². The molecule has 0 spiro atoms. The second-order valence-corrected chi connectivity index (χ2v) is 5.14. The van der Waals surface area contributed by atoms with E-state index in [1.54, 1.807) is 13.0 Å². The Labute approximate surface area is 122 Å². The van der Waals surface area contributed by atoms with Crippen molar-refractivity contribution in [3.63, 3.8) is 0 Å². The number of amides is 1. The number of para-hydroxylation sites is 2. The molecule has 21 heavy (non-hydrogen) atoms. The van der Waals surface area contributed by atoms with Crippen LogP contribution in [0.4, 0.5) is 21.5 Å². The number of carbonyl (C=O) groups excluding carboxylic acids is 1. The molecule has 0 aromatic heterocycles. The Kier molecular flexibility index (Phi) is 3.35. The minimum atomic E-state index is -0.333. The van der Waals surface area contributed by atoms with E-state index in [2.05, 4.69) is 5.32 Å². The third-order valence-electron chi connectivity index (χ3n) is 3.54. The van der Waals surface area contributed by atoms with Crippen LogP contribution in [0.5, 0.6) is 0 Å². The lowest BCUT2D eigenvalue weighted by Gasteiger charge is -2.33. The van der Waals surface area contributed by atoms with Crippen LogP contribution in [-0.4, -0.2) is 12.5 Å². The van der Waals surface area contributed by atoms with Gasteiger partial charge in [0.15, 0.2) is 0 Å². The van der Waals surface area contributed by atoms with Crippen LogP contribution in [0.25, 0.3) is 0 Å². The molecule has 1 aliphatic heterocycles. The van der Waals surface area contributed by atoms with Gasteiger partial charge < -0.3 is 16.0 Å². The SMILES string of the molecule is CC(N)c1cc(F)ccc1N1CC(=O)Nc2ccccc21. The van der Waals surface area contributed by atoms with E-state index in [0.717, 1.165) is 17.1 Å². The number of halogens is 1. The summed E-state index contributed by atoms with van der Waals surface area (Å²) in [5.74, 6) is -0.436. The highest BCUT2D eigenvalue weighted by atomic mass is 19.1. The summed E-state index contributed by atoms with van der Waals surface area (Å²) in [6.07, 6.45) is 0. The zero-order chi connectivity index (χ0) is 15.0. The largest absolute Gasteiger partial charge is 0.330 e. The minimum Gasteiger partial charge on any atom is -0.330 e. The number of carbonyl (C=O) groups is 1. The van der Waals surface area contributed by atoms with E-state index in [0.29, 0.717) is 5.56 Å².